The summed E-state index contributed by atoms with van der Waals surface area (Å²) in [4.78, 5) is 15.1. The number of halogens is 3. The third-order valence-corrected chi connectivity index (χ3v) is 14.3. The smallest absolute Gasteiger partial charge is 0.425 e. The van der Waals surface area contributed by atoms with Crippen LogP contribution in [-0.2, 0) is 40.2 Å². The van der Waals surface area contributed by atoms with Crippen LogP contribution in [0.15, 0.2) is 41.3 Å². The molecule has 4 bridgehead atoms. The molecule has 1 aliphatic heterocycles. The minimum Gasteiger partial charge on any atom is -0.425 e. The third kappa shape index (κ3) is 5.50. The van der Waals surface area contributed by atoms with Crippen LogP contribution in [0, 0.1) is 23.2 Å². The number of rotatable bonds is 7. The van der Waals surface area contributed by atoms with Crippen LogP contribution >= 0.6 is 0 Å². The molecule has 2 aromatic carbocycles. The van der Waals surface area contributed by atoms with Crippen molar-refractivity contribution in [3.8, 4) is 5.75 Å². The quantitative estimate of drug-likeness (QED) is 0.264. The average molecular weight is 635 g/mol. The van der Waals surface area contributed by atoms with Crippen LogP contribution in [0.4, 0.5) is 13.2 Å². The number of benzene rings is 2. The molecular weight excluding hydrogens is 603 g/mol. The van der Waals surface area contributed by atoms with Crippen LogP contribution in [0.25, 0.3) is 10.8 Å². The van der Waals surface area contributed by atoms with Gasteiger partial charge in [0.1, 0.15) is 17.3 Å². The number of hydrogen-bond donors (Lipinski definition) is 1. The van der Waals surface area contributed by atoms with E-state index in [1.54, 1.807) is 0 Å². The zero-order valence-corrected chi connectivity index (χ0v) is 24.5. The van der Waals surface area contributed by atoms with Gasteiger partial charge in [-0.15, -0.1) is 0 Å². The number of fused-ring (bicyclic) bond motifs is 1. The number of hydrogen-bond acceptors (Lipinski definition) is 7. The Morgan fingerprint density at radius 3 is 2.17 bits per heavy atom. The highest BCUT2D eigenvalue weighted by Gasteiger charge is 2.61. The maximum Gasteiger partial charge on any atom is 0.512 e. The number of ether oxygens (including phenoxy) is 1. The van der Waals surface area contributed by atoms with Crippen LogP contribution in [0.2, 0.25) is 0 Å². The predicted octanol–water partition coefficient (Wildman–Crippen LogP) is 4.80. The molecule has 2 aromatic rings. The summed E-state index contributed by atoms with van der Waals surface area (Å²) in [5, 5.41) is 1.94. The Bertz CT molecular complexity index is 1560. The first-order chi connectivity index (χ1) is 19.3. The first-order valence-corrected chi connectivity index (χ1v) is 18.2. The second-order valence-electron chi connectivity index (χ2n) is 11.8. The Kier molecular flexibility index (Phi) is 7.40. The van der Waals surface area contributed by atoms with E-state index in [1.807, 2.05) is 24.3 Å². The van der Waals surface area contributed by atoms with E-state index >= 15 is 0 Å². The molecule has 0 aromatic heterocycles. The van der Waals surface area contributed by atoms with Crippen molar-refractivity contribution in [1.82, 2.24) is 4.13 Å². The van der Waals surface area contributed by atoms with Crippen LogP contribution < -0.4 is 8.86 Å². The molecule has 1 saturated heterocycles. The van der Waals surface area contributed by atoms with Crippen LogP contribution in [0.5, 0.6) is 5.75 Å². The number of esters is 1. The Hall–Kier alpha value is -1.87. The molecule has 1 heterocycles. The van der Waals surface area contributed by atoms with Crippen molar-refractivity contribution in [2.24, 2.45) is 23.2 Å². The summed E-state index contributed by atoms with van der Waals surface area (Å²) < 4.78 is 97.4. The molecule has 0 amide bonds. The molecule has 224 valence electrons. The molecule has 8 nitrogen and oxygen atoms in total. The Labute approximate surface area is 240 Å². The second kappa shape index (κ2) is 10.4. The summed E-state index contributed by atoms with van der Waals surface area (Å²) in [5.41, 5.74) is -6.67. The van der Waals surface area contributed by atoms with Crippen molar-refractivity contribution >= 4 is 48.0 Å². The topological polar surface area (TPSA) is 116 Å². The van der Waals surface area contributed by atoms with E-state index in [2.05, 4.69) is 12.1 Å². The summed E-state index contributed by atoms with van der Waals surface area (Å²) >= 11 is 0. The van der Waals surface area contributed by atoms with Crippen molar-refractivity contribution in [2.45, 2.75) is 67.9 Å². The molecule has 0 radical (unpaired) electrons. The Balaban J connectivity index is 1.21. The molecule has 7 rings (SSSR count). The zero-order valence-electron chi connectivity index (χ0n) is 22.1. The maximum absolute atomic E-state index is 13.8. The van der Waals surface area contributed by atoms with Gasteiger partial charge in [0.2, 0.25) is 0 Å². The summed E-state index contributed by atoms with van der Waals surface area (Å²) in [6.07, 6.45) is 4.82. The average Bonchev–Trinajstić information content (AvgIpc) is 2.90. The zero-order chi connectivity index (χ0) is 29.2. The van der Waals surface area contributed by atoms with Crippen molar-refractivity contribution in [2.75, 3.05) is 11.5 Å². The number of carbonyl (C=O) groups is 1. The van der Waals surface area contributed by atoms with Crippen molar-refractivity contribution in [3.63, 3.8) is 0 Å². The summed E-state index contributed by atoms with van der Waals surface area (Å²) in [6, 6.07) is 11.8. The lowest BCUT2D eigenvalue weighted by molar-refractivity contribution is -0.172. The highest BCUT2D eigenvalue weighted by Crippen LogP contribution is 2.61. The van der Waals surface area contributed by atoms with Crippen LogP contribution in [0.3, 0.4) is 0 Å². The van der Waals surface area contributed by atoms with Gasteiger partial charge in [0.15, 0.2) is 4.90 Å². The Morgan fingerprint density at radius 2 is 1.54 bits per heavy atom. The van der Waals surface area contributed by atoms with Gasteiger partial charge in [-0.25, -0.2) is 8.42 Å². The first-order valence-electron chi connectivity index (χ1n) is 13.7. The van der Waals surface area contributed by atoms with Gasteiger partial charge in [-0.3, -0.25) is 8.98 Å². The van der Waals surface area contributed by atoms with Gasteiger partial charge in [-0.2, -0.15) is 21.6 Å². The predicted molar refractivity (Wildman–Crippen MR) is 147 cm³/mol. The highest BCUT2D eigenvalue weighted by atomic mass is 32.3. The third-order valence-electron chi connectivity index (χ3n) is 9.01. The number of carbonyl (C=O) groups excluding carboxylic acids is 1. The standard InChI is InChI=1S/C27H31F3NO7S3/c28-27(29,30)40(33,34)31-41(35,36)38-24-18-12-17-13-19(24)16-26(14-17,15-18)25(32)37-22-8-9-23(39-10-4-1-5-11-39)21-7-3-2-6-20(21)22/h2-3,6-9,17-19,24,31H,1,4-5,10-16H2/q+1. The lowest BCUT2D eigenvalue weighted by Gasteiger charge is -2.57. The first kappa shape index (κ1) is 29.2. The summed E-state index contributed by atoms with van der Waals surface area (Å²) in [6.45, 7) is 0. The minimum atomic E-state index is -6.16. The molecule has 1 N–H and O–H groups in total. The normalized spacial score (nSPS) is 30.5. The van der Waals surface area contributed by atoms with Gasteiger partial charge in [-0.1, -0.05) is 22.3 Å². The molecular formula is C27H31F3NO7S3+. The molecule has 2 atom stereocenters. The monoisotopic (exact) mass is 634 g/mol. The van der Waals surface area contributed by atoms with Crippen molar-refractivity contribution < 1.29 is 43.7 Å². The van der Waals surface area contributed by atoms with E-state index in [0.29, 0.717) is 29.1 Å². The molecule has 4 saturated carbocycles. The van der Waals surface area contributed by atoms with Gasteiger partial charge < -0.3 is 4.74 Å². The van der Waals surface area contributed by atoms with Gasteiger partial charge in [-0.05, 0) is 87.3 Å². The van der Waals surface area contributed by atoms with Gasteiger partial charge in [0, 0.05) is 21.7 Å². The number of alkyl halides is 3. The fourth-order valence-corrected chi connectivity index (χ4v) is 12.3. The van der Waals surface area contributed by atoms with E-state index in [1.165, 1.54) is 24.2 Å². The van der Waals surface area contributed by atoms with Crippen LogP contribution in [0.1, 0.15) is 51.4 Å². The lowest BCUT2D eigenvalue weighted by atomic mass is 9.48. The summed E-state index contributed by atoms with van der Waals surface area (Å²) in [7, 11) is -11.3. The molecule has 4 aliphatic carbocycles. The molecule has 2 unspecified atom stereocenters. The number of sulfonamides is 1. The van der Waals surface area contributed by atoms with E-state index in [4.69, 9.17) is 8.92 Å². The van der Waals surface area contributed by atoms with Crippen molar-refractivity contribution in [3.05, 3.63) is 36.4 Å². The fourth-order valence-electron chi connectivity index (χ4n) is 7.58. The fraction of sp³-hybridized carbons (Fsp3) is 0.593. The van der Waals surface area contributed by atoms with Crippen LogP contribution in [-0.4, -0.2) is 45.9 Å². The SMILES string of the molecule is O=C(Oc1ccc([S+]2CCCCC2)c2ccccc12)C12CC3CC(C1)C(OS(=O)(=O)NS(=O)(=O)C(F)(F)F)C(C3)C2. The second-order valence-corrected chi connectivity index (χ2v) is 17.2. The van der Waals surface area contributed by atoms with Crippen molar-refractivity contribution in [1.29, 1.82) is 0 Å². The highest BCUT2D eigenvalue weighted by molar-refractivity contribution is 8.03. The molecule has 5 aliphatic rings. The van der Waals surface area contributed by atoms with Gasteiger partial charge in [0.25, 0.3) is 0 Å². The molecule has 41 heavy (non-hydrogen) atoms. The minimum absolute atomic E-state index is 0.112. The van der Waals surface area contributed by atoms with Gasteiger partial charge in [0.05, 0.1) is 11.5 Å². The molecule has 0 spiro atoms. The summed E-state index contributed by atoms with van der Waals surface area (Å²) in [5.74, 6) is 1.63. The van der Waals surface area contributed by atoms with E-state index in [0.717, 1.165) is 22.3 Å². The molecule has 14 heteroatoms. The Morgan fingerprint density at radius 1 is 0.902 bits per heavy atom. The van der Waals surface area contributed by atoms with E-state index in [9.17, 15) is 34.8 Å². The van der Waals surface area contributed by atoms with Gasteiger partial charge >= 0.3 is 31.8 Å². The maximum atomic E-state index is 13.8. The number of nitrogens with one attached hydrogen (secondary N) is 1. The largest absolute Gasteiger partial charge is 0.512 e. The van der Waals surface area contributed by atoms with E-state index < -0.39 is 55.2 Å². The lowest BCUT2D eigenvalue weighted by Crippen LogP contribution is -2.58. The molecule has 5 fully saturated rings. The van der Waals surface area contributed by atoms with E-state index in [-0.39, 0.29) is 29.7 Å².